The van der Waals surface area contributed by atoms with Gasteiger partial charge < -0.3 is 9.47 Å². The molecular weight excluding hydrogens is 268 g/mol. The summed E-state index contributed by atoms with van der Waals surface area (Å²) in [5, 5.41) is 0. The standard InChI is InChI=1S/C15H22O4.C2H6/c1-4-15(3,5-2)14(17)19-11-8-6-9-10(7-8)13(16)18-12(9)11;1-2/h8-12H,4-7H2,1-3H3;1-2H3. The van der Waals surface area contributed by atoms with Gasteiger partial charge in [0.25, 0.3) is 0 Å². The van der Waals surface area contributed by atoms with Crippen LogP contribution in [0.25, 0.3) is 0 Å². The smallest absolute Gasteiger partial charge is 0.312 e. The number of hydrogen-bond donors (Lipinski definition) is 0. The lowest BCUT2D eigenvalue weighted by molar-refractivity contribution is -0.171. The first-order valence-corrected chi connectivity index (χ1v) is 8.41. The molecule has 3 rings (SSSR count). The van der Waals surface area contributed by atoms with Crippen LogP contribution in [-0.4, -0.2) is 24.1 Å². The molecule has 0 aromatic heterocycles. The fourth-order valence-corrected chi connectivity index (χ4v) is 3.87. The van der Waals surface area contributed by atoms with Crippen molar-refractivity contribution in [1.29, 1.82) is 0 Å². The van der Waals surface area contributed by atoms with Crippen LogP contribution < -0.4 is 0 Å². The predicted octanol–water partition coefficient (Wildman–Crippen LogP) is 3.33. The van der Waals surface area contributed by atoms with Crippen LogP contribution in [0.4, 0.5) is 0 Å². The van der Waals surface area contributed by atoms with Gasteiger partial charge in [0.05, 0.1) is 11.3 Å². The molecule has 1 aliphatic heterocycles. The van der Waals surface area contributed by atoms with E-state index in [0.29, 0.717) is 11.8 Å². The van der Waals surface area contributed by atoms with Gasteiger partial charge in [-0.2, -0.15) is 0 Å². The van der Waals surface area contributed by atoms with E-state index in [1.807, 2.05) is 34.6 Å². The molecule has 0 aromatic rings. The van der Waals surface area contributed by atoms with Gasteiger partial charge in [-0.25, -0.2) is 0 Å². The lowest BCUT2D eigenvalue weighted by Gasteiger charge is -2.31. The zero-order chi connectivity index (χ0) is 15.8. The fraction of sp³-hybridized carbons (Fsp3) is 0.882. The molecule has 0 N–H and O–H groups in total. The van der Waals surface area contributed by atoms with Crippen LogP contribution in [0, 0.1) is 23.2 Å². The third-order valence-electron chi connectivity index (χ3n) is 5.71. The Balaban J connectivity index is 0.000000774. The average Bonchev–Trinajstić information content (AvgIpc) is 3.13. The van der Waals surface area contributed by atoms with Crippen LogP contribution in [0.2, 0.25) is 0 Å². The van der Waals surface area contributed by atoms with E-state index in [0.717, 1.165) is 25.7 Å². The summed E-state index contributed by atoms with van der Waals surface area (Å²) in [4.78, 5) is 24.0. The van der Waals surface area contributed by atoms with Crippen molar-refractivity contribution in [2.45, 2.75) is 72.5 Å². The molecule has 0 amide bonds. The summed E-state index contributed by atoms with van der Waals surface area (Å²) in [7, 11) is 0. The van der Waals surface area contributed by atoms with Crippen LogP contribution in [0.5, 0.6) is 0 Å². The van der Waals surface area contributed by atoms with Crippen molar-refractivity contribution >= 4 is 11.9 Å². The Kier molecular flexibility index (Phi) is 4.64. The molecule has 21 heavy (non-hydrogen) atoms. The van der Waals surface area contributed by atoms with Gasteiger partial charge in [0, 0.05) is 11.8 Å². The van der Waals surface area contributed by atoms with Gasteiger partial charge in [-0.05, 0) is 32.6 Å². The Morgan fingerprint density at radius 2 is 1.90 bits per heavy atom. The summed E-state index contributed by atoms with van der Waals surface area (Å²) in [6, 6.07) is 0. The first kappa shape index (κ1) is 16.3. The van der Waals surface area contributed by atoms with E-state index in [1.54, 1.807) is 0 Å². The minimum absolute atomic E-state index is 0.0775. The molecule has 4 nitrogen and oxygen atoms in total. The van der Waals surface area contributed by atoms with Crippen LogP contribution in [0.15, 0.2) is 0 Å². The van der Waals surface area contributed by atoms with Gasteiger partial charge >= 0.3 is 11.9 Å². The van der Waals surface area contributed by atoms with Gasteiger partial charge in [-0.1, -0.05) is 27.7 Å². The number of rotatable bonds is 4. The lowest BCUT2D eigenvalue weighted by atomic mass is 9.84. The van der Waals surface area contributed by atoms with Crippen molar-refractivity contribution in [3.05, 3.63) is 0 Å². The van der Waals surface area contributed by atoms with Crippen molar-refractivity contribution in [1.82, 2.24) is 0 Å². The van der Waals surface area contributed by atoms with E-state index in [4.69, 9.17) is 9.47 Å². The van der Waals surface area contributed by atoms with Gasteiger partial charge in [-0.15, -0.1) is 0 Å². The van der Waals surface area contributed by atoms with Gasteiger partial charge in [-0.3, -0.25) is 9.59 Å². The molecule has 4 heteroatoms. The van der Waals surface area contributed by atoms with E-state index in [1.165, 1.54) is 0 Å². The third kappa shape index (κ3) is 2.47. The molecule has 2 saturated carbocycles. The molecule has 3 aliphatic rings. The van der Waals surface area contributed by atoms with E-state index in [9.17, 15) is 9.59 Å². The number of carbonyl (C=O) groups is 2. The maximum atomic E-state index is 12.4. The summed E-state index contributed by atoms with van der Waals surface area (Å²) in [5.41, 5.74) is -0.413. The SMILES string of the molecule is CC.CCC(C)(CC)C(=O)OC1C2CC3C(=O)OC1C3C2. The second kappa shape index (κ2) is 5.98. The Morgan fingerprint density at radius 1 is 1.29 bits per heavy atom. The van der Waals surface area contributed by atoms with Crippen LogP contribution in [-0.2, 0) is 19.1 Å². The quantitative estimate of drug-likeness (QED) is 0.747. The molecule has 2 aliphatic carbocycles. The highest BCUT2D eigenvalue weighted by Gasteiger charge is 2.63. The van der Waals surface area contributed by atoms with Crippen molar-refractivity contribution in [3.8, 4) is 0 Å². The Bertz CT molecular complexity index is 413. The van der Waals surface area contributed by atoms with Crippen molar-refractivity contribution in [3.63, 3.8) is 0 Å². The molecular formula is C17H28O4. The Morgan fingerprint density at radius 3 is 2.48 bits per heavy atom. The minimum Gasteiger partial charge on any atom is -0.458 e. The van der Waals surface area contributed by atoms with Crippen molar-refractivity contribution < 1.29 is 19.1 Å². The maximum absolute atomic E-state index is 12.4. The summed E-state index contributed by atoms with van der Waals surface area (Å²) in [6.45, 7) is 9.97. The van der Waals surface area contributed by atoms with E-state index in [2.05, 4.69) is 0 Å². The molecule has 2 bridgehead atoms. The Labute approximate surface area is 127 Å². The van der Waals surface area contributed by atoms with Crippen LogP contribution >= 0.6 is 0 Å². The molecule has 1 heterocycles. The van der Waals surface area contributed by atoms with Gasteiger partial charge in [0.2, 0.25) is 0 Å². The van der Waals surface area contributed by atoms with Crippen LogP contribution in [0.3, 0.4) is 0 Å². The topological polar surface area (TPSA) is 52.6 Å². The number of ether oxygens (including phenoxy) is 2. The predicted molar refractivity (Wildman–Crippen MR) is 79.5 cm³/mol. The molecule has 3 fully saturated rings. The summed E-state index contributed by atoms with van der Waals surface area (Å²) in [5.74, 6) is 0.492. The number of fused-ring (bicyclic) bond motifs is 1. The molecule has 1 saturated heterocycles. The molecule has 0 spiro atoms. The van der Waals surface area contributed by atoms with Gasteiger partial charge in [0.1, 0.15) is 12.2 Å². The fourth-order valence-electron chi connectivity index (χ4n) is 3.87. The summed E-state index contributed by atoms with van der Waals surface area (Å²) >= 11 is 0. The zero-order valence-electron chi connectivity index (χ0n) is 13.8. The highest BCUT2D eigenvalue weighted by Crippen LogP contribution is 2.55. The average molecular weight is 296 g/mol. The second-order valence-corrected chi connectivity index (χ2v) is 6.54. The first-order valence-electron chi connectivity index (χ1n) is 8.41. The molecule has 0 radical (unpaired) electrons. The van der Waals surface area contributed by atoms with Crippen molar-refractivity contribution in [2.75, 3.05) is 0 Å². The number of esters is 2. The highest BCUT2D eigenvalue weighted by molar-refractivity contribution is 5.78. The zero-order valence-corrected chi connectivity index (χ0v) is 13.8. The van der Waals surface area contributed by atoms with Crippen LogP contribution in [0.1, 0.15) is 60.3 Å². The Hall–Kier alpha value is -1.06. The molecule has 0 aromatic carbocycles. The monoisotopic (exact) mass is 296 g/mol. The molecule has 120 valence electrons. The van der Waals surface area contributed by atoms with E-state index < -0.39 is 5.41 Å². The summed E-state index contributed by atoms with van der Waals surface area (Å²) < 4.78 is 11.2. The first-order chi connectivity index (χ1) is 10.00. The normalized spacial score (nSPS) is 36.0. The highest BCUT2D eigenvalue weighted by atomic mass is 16.6. The maximum Gasteiger partial charge on any atom is 0.312 e. The summed E-state index contributed by atoms with van der Waals surface area (Å²) in [6.07, 6.45) is 3.00. The van der Waals surface area contributed by atoms with E-state index >= 15 is 0 Å². The minimum atomic E-state index is -0.413. The second-order valence-electron chi connectivity index (χ2n) is 6.54. The number of carbonyl (C=O) groups excluding carboxylic acids is 2. The number of hydrogen-bond acceptors (Lipinski definition) is 4. The molecule has 5 atom stereocenters. The largest absolute Gasteiger partial charge is 0.458 e. The molecule has 5 unspecified atom stereocenters. The third-order valence-corrected chi connectivity index (χ3v) is 5.71. The van der Waals surface area contributed by atoms with Crippen molar-refractivity contribution in [2.24, 2.45) is 23.2 Å². The van der Waals surface area contributed by atoms with Gasteiger partial charge in [0.15, 0.2) is 0 Å². The lowest BCUT2D eigenvalue weighted by Crippen LogP contribution is -2.40. The van der Waals surface area contributed by atoms with E-state index in [-0.39, 0.29) is 30.1 Å².